The van der Waals surface area contributed by atoms with Crippen molar-refractivity contribution in [3.05, 3.63) is 23.8 Å². The van der Waals surface area contributed by atoms with Crippen molar-refractivity contribution >= 4 is 17.3 Å². The third-order valence-electron chi connectivity index (χ3n) is 4.17. The van der Waals surface area contributed by atoms with Crippen LogP contribution < -0.4 is 10.6 Å². The Bertz CT molecular complexity index is 535. The van der Waals surface area contributed by atoms with Crippen molar-refractivity contribution in [3.63, 3.8) is 0 Å². The molecule has 1 aliphatic carbocycles. The van der Waals surface area contributed by atoms with Gasteiger partial charge in [-0.15, -0.1) is 0 Å². The summed E-state index contributed by atoms with van der Waals surface area (Å²) in [7, 11) is 0. The zero-order valence-electron chi connectivity index (χ0n) is 12.2. The number of anilines is 2. The fraction of sp³-hybridized carbons (Fsp3) is 0.562. The van der Waals surface area contributed by atoms with Crippen LogP contribution in [0.4, 0.5) is 11.4 Å². The minimum atomic E-state index is -0.458. The number of nitrogens with zero attached hydrogens (tertiary/aromatic N) is 1. The first-order chi connectivity index (χ1) is 9.50. The highest BCUT2D eigenvalue weighted by Gasteiger charge is 2.43. The topological polar surface area (TPSA) is 55.6 Å². The number of fused-ring (bicyclic) bond motifs is 1. The first-order valence-electron chi connectivity index (χ1n) is 7.34. The van der Waals surface area contributed by atoms with Crippen LogP contribution in [-0.2, 0) is 14.9 Å². The van der Waals surface area contributed by atoms with Gasteiger partial charge in [0.25, 0.3) is 0 Å². The van der Waals surface area contributed by atoms with E-state index in [1.165, 1.54) is 12.8 Å². The molecule has 2 N–H and O–H groups in total. The lowest BCUT2D eigenvalue weighted by Crippen LogP contribution is -2.37. The van der Waals surface area contributed by atoms with Crippen LogP contribution in [0.1, 0.15) is 38.7 Å². The monoisotopic (exact) mass is 274 g/mol. The molecule has 1 aliphatic heterocycles. The van der Waals surface area contributed by atoms with Crippen LogP contribution in [0, 0.1) is 0 Å². The van der Waals surface area contributed by atoms with Crippen molar-refractivity contribution in [1.82, 2.24) is 0 Å². The zero-order chi connectivity index (χ0) is 14.3. The van der Waals surface area contributed by atoms with E-state index in [2.05, 4.69) is 0 Å². The second-order valence-electron chi connectivity index (χ2n) is 6.28. The molecule has 0 aromatic heterocycles. The molecule has 1 amide bonds. The largest absolute Gasteiger partial charge is 0.399 e. The molecule has 1 aromatic rings. The van der Waals surface area contributed by atoms with Gasteiger partial charge in [-0.1, -0.05) is 6.07 Å². The molecule has 4 heteroatoms. The Kier molecular flexibility index (Phi) is 3.21. The molecule has 3 rings (SSSR count). The molecule has 4 nitrogen and oxygen atoms in total. The summed E-state index contributed by atoms with van der Waals surface area (Å²) in [6.45, 7) is 5.38. The number of nitrogen functional groups attached to an aromatic ring is 1. The number of carbonyl (C=O) groups is 1. The summed E-state index contributed by atoms with van der Waals surface area (Å²) in [4.78, 5) is 14.4. The molecular weight excluding hydrogens is 252 g/mol. The third kappa shape index (κ3) is 2.29. The van der Waals surface area contributed by atoms with Gasteiger partial charge in [0, 0.05) is 24.5 Å². The van der Waals surface area contributed by atoms with Gasteiger partial charge in [-0.3, -0.25) is 4.79 Å². The molecule has 0 bridgehead atoms. The highest BCUT2D eigenvalue weighted by molar-refractivity contribution is 6.07. The normalized spacial score (nSPS) is 20.3. The number of amides is 1. The van der Waals surface area contributed by atoms with Crippen molar-refractivity contribution < 1.29 is 9.53 Å². The lowest BCUT2D eigenvalue weighted by molar-refractivity contribution is -0.122. The number of nitrogens with two attached hydrogens (primary N) is 1. The van der Waals surface area contributed by atoms with Crippen molar-refractivity contribution in [2.45, 2.75) is 44.6 Å². The van der Waals surface area contributed by atoms with E-state index in [-0.39, 0.29) is 5.91 Å². The van der Waals surface area contributed by atoms with Crippen molar-refractivity contribution in [1.29, 1.82) is 0 Å². The highest BCUT2D eigenvalue weighted by atomic mass is 16.5. The van der Waals surface area contributed by atoms with Crippen LogP contribution in [-0.4, -0.2) is 25.2 Å². The predicted molar refractivity (Wildman–Crippen MR) is 79.8 cm³/mol. The van der Waals surface area contributed by atoms with E-state index in [1.807, 2.05) is 36.9 Å². The minimum Gasteiger partial charge on any atom is -0.399 e. The molecule has 1 aromatic carbocycles. The summed E-state index contributed by atoms with van der Waals surface area (Å²) >= 11 is 0. The Morgan fingerprint density at radius 1 is 1.40 bits per heavy atom. The molecule has 0 radical (unpaired) electrons. The van der Waals surface area contributed by atoms with E-state index in [0.29, 0.717) is 18.3 Å². The predicted octanol–water partition coefficient (Wildman–Crippen LogP) is 2.46. The summed E-state index contributed by atoms with van der Waals surface area (Å²) in [6, 6.07) is 5.75. The van der Waals surface area contributed by atoms with Gasteiger partial charge in [0.05, 0.1) is 11.5 Å². The molecule has 0 atom stereocenters. The average Bonchev–Trinajstić information content (AvgIpc) is 3.19. The second kappa shape index (κ2) is 4.77. The lowest BCUT2D eigenvalue weighted by atomic mass is 9.86. The summed E-state index contributed by atoms with van der Waals surface area (Å²) in [5.74, 6) is 0.157. The smallest absolute Gasteiger partial charge is 0.237 e. The number of ether oxygens (including phenoxy) is 1. The van der Waals surface area contributed by atoms with Crippen molar-refractivity contribution in [2.24, 2.45) is 0 Å². The van der Waals surface area contributed by atoms with Gasteiger partial charge in [0.1, 0.15) is 0 Å². The Hall–Kier alpha value is -1.55. The molecule has 0 unspecified atom stereocenters. The maximum Gasteiger partial charge on any atom is 0.237 e. The number of benzene rings is 1. The van der Waals surface area contributed by atoms with Gasteiger partial charge in [0.2, 0.25) is 5.91 Å². The van der Waals surface area contributed by atoms with Crippen LogP contribution in [0.2, 0.25) is 0 Å². The van der Waals surface area contributed by atoms with Crippen LogP contribution in [0.15, 0.2) is 18.2 Å². The van der Waals surface area contributed by atoms with E-state index in [9.17, 15) is 4.79 Å². The van der Waals surface area contributed by atoms with E-state index < -0.39 is 5.41 Å². The summed E-state index contributed by atoms with van der Waals surface area (Å²) in [5.41, 5.74) is 8.15. The molecule has 0 spiro atoms. The standard InChI is InChI=1S/C16H22N2O2/c1-16(2)13-7-4-11(17)10-14(13)18(15(16)19)8-3-9-20-12-5-6-12/h4,7,10,12H,3,5-6,8-9,17H2,1-2H3. The molecule has 1 heterocycles. The summed E-state index contributed by atoms with van der Waals surface area (Å²) in [6.07, 6.45) is 3.72. The summed E-state index contributed by atoms with van der Waals surface area (Å²) in [5, 5.41) is 0. The van der Waals surface area contributed by atoms with Gasteiger partial charge in [0.15, 0.2) is 0 Å². The maximum atomic E-state index is 12.6. The fourth-order valence-corrected chi connectivity index (χ4v) is 2.79. The Balaban J connectivity index is 1.73. The highest BCUT2D eigenvalue weighted by Crippen LogP contribution is 2.42. The Morgan fingerprint density at radius 2 is 2.15 bits per heavy atom. The molecule has 0 saturated heterocycles. The Labute approximate surface area is 119 Å². The van der Waals surface area contributed by atoms with Crippen molar-refractivity contribution in [2.75, 3.05) is 23.8 Å². The van der Waals surface area contributed by atoms with Gasteiger partial charge in [-0.2, -0.15) is 0 Å². The SMILES string of the molecule is CC1(C)C(=O)N(CCCOC2CC2)c2cc(N)ccc21. The number of carbonyl (C=O) groups excluding carboxylic acids is 1. The van der Waals surface area contributed by atoms with Crippen LogP contribution in [0.25, 0.3) is 0 Å². The van der Waals surface area contributed by atoms with E-state index >= 15 is 0 Å². The first-order valence-corrected chi connectivity index (χ1v) is 7.34. The van der Waals surface area contributed by atoms with Crippen LogP contribution in [0.5, 0.6) is 0 Å². The average molecular weight is 274 g/mol. The zero-order valence-corrected chi connectivity index (χ0v) is 12.2. The fourth-order valence-electron chi connectivity index (χ4n) is 2.79. The van der Waals surface area contributed by atoms with Crippen LogP contribution >= 0.6 is 0 Å². The van der Waals surface area contributed by atoms with Gasteiger partial charge >= 0.3 is 0 Å². The van der Waals surface area contributed by atoms with Gasteiger partial charge in [-0.05, 0) is 50.8 Å². The number of hydrogen-bond donors (Lipinski definition) is 1. The first kappa shape index (κ1) is 13.4. The van der Waals surface area contributed by atoms with E-state index in [0.717, 1.165) is 24.3 Å². The van der Waals surface area contributed by atoms with Gasteiger partial charge < -0.3 is 15.4 Å². The second-order valence-corrected chi connectivity index (χ2v) is 6.28. The minimum absolute atomic E-state index is 0.157. The van der Waals surface area contributed by atoms with E-state index in [1.54, 1.807) is 0 Å². The number of rotatable bonds is 5. The van der Waals surface area contributed by atoms with Crippen molar-refractivity contribution in [3.8, 4) is 0 Å². The summed E-state index contributed by atoms with van der Waals surface area (Å²) < 4.78 is 5.65. The number of hydrogen-bond acceptors (Lipinski definition) is 3. The third-order valence-corrected chi connectivity index (χ3v) is 4.17. The van der Waals surface area contributed by atoms with Crippen LogP contribution in [0.3, 0.4) is 0 Å². The molecule has 1 saturated carbocycles. The molecule has 2 aliphatic rings. The van der Waals surface area contributed by atoms with E-state index in [4.69, 9.17) is 10.5 Å². The molecule has 108 valence electrons. The Morgan fingerprint density at radius 3 is 2.85 bits per heavy atom. The van der Waals surface area contributed by atoms with Gasteiger partial charge in [-0.25, -0.2) is 0 Å². The molecular formula is C16H22N2O2. The molecule has 1 fully saturated rings. The quantitative estimate of drug-likeness (QED) is 0.663. The molecule has 20 heavy (non-hydrogen) atoms. The lowest BCUT2D eigenvalue weighted by Gasteiger charge is -2.20. The maximum absolute atomic E-state index is 12.6.